The van der Waals surface area contributed by atoms with Crippen LogP contribution in [-0.2, 0) is 14.3 Å². The summed E-state index contributed by atoms with van der Waals surface area (Å²) in [6.07, 6.45) is 0.0297. The average Bonchev–Trinajstić information content (AvgIpc) is 2.27. The van der Waals surface area contributed by atoms with Crippen LogP contribution in [0, 0.1) is 0 Å². The average molecular weight is 244 g/mol. The third-order valence-corrected chi connectivity index (χ3v) is 3.05. The van der Waals surface area contributed by atoms with Crippen molar-refractivity contribution in [3.05, 3.63) is 0 Å². The fraction of sp³-hybridized carbons (Fsp3) is 0.818. The Balaban J connectivity index is 2.60. The summed E-state index contributed by atoms with van der Waals surface area (Å²) in [5, 5.41) is 8.69. The summed E-state index contributed by atoms with van der Waals surface area (Å²) < 4.78 is 5.30. The molecule has 17 heavy (non-hydrogen) atoms. The zero-order valence-electron chi connectivity index (χ0n) is 10.3. The predicted molar refractivity (Wildman–Crippen MR) is 61.5 cm³/mol. The lowest BCUT2D eigenvalue weighted by atomic mass is 9.98. The molecule has 1 aliphatic heterocycles. The second-order valence-corrected chi connectivity index (χ2v) is 4.61. The van der Waals surface area contributed by atoms with Gasteiger partial charge < -0.3 is 20.5 Å². The van der Waals surface area contributed by atoms with Gasteiger partial charge in [0.05, 0.1) is 24.7 Å². The van der Waals surface area contributed by atoms with Crippen LogP contribution >= 0.6 is 0 Å². The molecule has 98 valence electrons. The molecule has 1 heterocycles. The molecule has 1 fully saturated rings. The Morgan fingerprint density at radius 1 is 1.59 bits per heavy atom. The molecule has 0 aromatic rings. The van der Waals surface area contributed by atoms with Gasteiger partial charge >= 0.3 is 5.97 Å². The largest absolute Gasteiger partial charge is 0.481 e. The summed E-state index contributed by atoms with van der Waals surface area (Å²) in [6.45, 7) is 4.69. The van der Waals surface area contributed by atoms with E-state index in [2.05, 4.69) is 0 Å². The van der Waals surface area contributed by atoms with E-state index in [-0.39, 0.29) is 12.3 Å². The fourth-order valence-corrected chi connectivity index (χ4v) is 1.73. The van der Waals surface area contributed by atoms with E-state index in [1.807, 2.05) is 6.92 Å². The lowest BCUT2D eigenvalue weighted by Crippen LogP contribution is -2.57. The molecular weight excluding hydrogens is 224 g/mol. The van der Waals surface area contributed by atoms with Gasteiger partial charge in [-0.25, -0.2) is 0 Å². The van der Waals surface area contributed by atoms with Crippen LogP contribution in [0.25, 0.3) is 0 Å². The third kappa shape index (κ3) is 3.67. The van der Waals surface area contributed by atoms with E-state index < -0.39 is 17.6 Å². The quantitative estimate of drug-likeness (QED) is 0.715. The lowest BCUT2D eigenvalue weighted by Gasteiger charge is -2.36. The number of hydrogen-bond donors (Lipinski definition) is 2. The molecule has 0 aromatic carbocycles. The zero-order chi connectivity index (χ0) is 13.1. The number of carbonyl (C=O) groups excluding carboxylic acids is 1. The van der Waals surface area contributed by atoms with Crippen LogP contribution in [0.1, 0.15) is 26.7 Å². The van der Waals surface area contributed by atoms with Crippen molar-refractivity contribution >= 4 is 11.9 Å². The number of hydrogen-bond acceptors (Lipinski definition) is 4. The van der Waals surface area contributed by atoms with Gasteiger partial charge in [-0.05, 0) is 13.3 Å². The molecule has 1 aliphatic rings. The summed E-state index contributed by atoms with van der Waals surface area (Å²) >= 11 is 0. The van der Waals surface area contributed by atoms with E-state index in [0.29, 0.717) is 26.1 Å². The highest BCUT2D eigenvalue weighted by atomic mass is 16.5. The molecule has 3 N–H and O–H groups in total. The number of amides is 1. The second-order valence-electron chi connectivity index (χ2n) is 4.61. The van der Waals surface area contributed by atoms with E-state index in [1.165, 1.54) is 0 Å². The maximum Gasteiger partial charge on any atom is 0.306 e. The smallest absolute Gasteiger partial charge is 0.306 e. The van der Waals surface area contributed by atoms with Gasteiger partial charge in [0, 0.05) is 13.1 Å². The van der Waals surface area contributed by atoms with E-state index in [9.17, 15) is 9.59 Å². The topological polar surface area (TPSA) is 92.9 Å². The van der Waals surface area contributed by atoms with Crippen molar-refractivity contribution in [2.24, 2.45) is 5.73 Å². The summed E-state index contributed by atoms with van der Waals surface area (Å²) in [5.74, 6) is -1.06. The van der Waals surface area contributed by atoms with Crippen molar-refractivity contribution in [2.45, 2.75) is 38.3 Å². The number of nitrogens with zero attached hydrogens (tertiary/aromatic N) is 1. The van der Waals surface area contributed by atoms with Gasteiger partial charge in [-0.3, -0.25) is 9.59 Å². The van der Waals surface area contributed by atoms with Gasteiger partial charge in [0.15, 0.2) is 0 Å². The second kappa shape index (κ2) is 5.46. The number of carboxylic acids is 1. The first-order chi connectivity index (χ1) is 7.86. The highest BCUT2D eigenvalue weighted by molar-refractivity contribution is 5.85. The van der Waals surface area contributed by atoms with Crippen molar-refractivity contribution in [3.8, 4) is 0 Å². The minimum Gasteiger partial charge on any atom is -0.481 e. The van der Waals surface area contributed by atoms with Crippen molar-refractivity contribution in [2.75, 3.05) is 19.7 Å². The Morgan fingerprint density at radius 2 is 2.24 bits per heavy atom. The van der Waals surface area contributed by atoms with Crippen LogP contribution in [0.4, 0.5) is 0 Å². The van der Waals surface area contributed by atoms with Crippen LogP contribution in [0.2, 0.25) is 0 Å². The SMILES string of the molecule is CCC(C)(N)C(=O)N1CCOC(CC(=O)O)C1. The minimum absolute atomic E-state index is 0.0861. The number of morpholine rings is 1. The maximum atomic E-state index is 12.1. The van der Waals surface area contributed by atoms with E-state index in [4.69, 9.17) is 15.6 Å². The normalized spacial score (nSPS) is 24.2. The Kier molecular flexibility index (Phi) is 4.47. The molecule has 6 nitrogen and oxygen atoms in total. The minimum atomic E-state index is -0.921. The van der Waals surface area contributed by atoms with Gasteiger partial charge in [-0.1, -0.05) is 6.92 Å². The first-order valence-electron chi connectivity index (χ1n) is 5.78. The molecule has 0 aliphatic carbocycles. The van der Waals surface area contributed by atoms with E-state index >= 15 is 0 Å². The Hall–Kier alpha value is -1.14. The van der Waals surface area contributed by atoms with E-state index in [0.717, 1.165) is 0 Å². The molecule has 6 heteroatoms. The van der Waals surface area contributed by atoms with Crippen LogP contribution in [0.15, 0.2) is 0 Å². The summed E-state index contributed by atoms with van der Waals surface area (Å²) in [7, 11) is 0. The fourth-order valence-electron chi connectivity index (χ4n) is 1.73. The first kappa shape index (κ1) is 13.9. The Bertz CT molecular complexity index is 304. The van der Waals surface area contributed by atoms with Gasteiger partial charge in [0.1, 0.15) is 0 Å². The van der Waals surface area contributed by atoms with Gasteiger partial charge in [0.2, 0.25) is 5.91 Å². The van der Waals surface area contributed by atoms with Crippen molar-refractivity contribution in [1.29, 1.82) is 0 Å². The molecule has 0 bridgehead atoms. The number of ether oxygens (including phenoxy) is 1. The number of carboxylic acid groups (broad SMARTS) is 1. The summed E-state index contributed by atoms with van der Waals surface area (Å²) in [4.78, 5) is 24.3. The van der Waals surface area contributed by atoms with Crippen molar-refractivity contribution in [1.82, 2.24) is 4.90 Å². The highest BCUT2D eigenvalue weighted by Crippen LogP contribution is 2.15. The van der Waals surface area contributed by atoms with Crippen LogP contribution < -0.4 is 5.73 Å². The van der Waals surface area contributed by atoms with Crippen molar-refractivity contribution < 1.29 is 19.4 Å². The summed E-state index contributed by atoms with van der Waals surface area (Å²) in [6, 6.07) is 0. The van der Waals surface area contributed by atoms with Crippen LogP contribution in [0.5, 0.6) is 0 Å². The highest BCUT2D eigenvalue weighted by Gasteiger charge is 2.34. The molecule has 0 spiro atoms. The Morgan fingerprint density at radius 3 is 2.76 bits per heavy atom. The van der Waals surface area contributed by atoms with Gasteiger partial charge in [-0.2, -0.15) is 0 Å². The molecule has 0 radical (unpaired) electrons. The monoisotopic (exact) mass is 244 g/mol. The van der Waals surface area contributed by atoms with Crippen LogP contribution in [-0.4, -0.2) is 53.2 Å². The van der Waals surface area contributed by atoms with Crippen LogP contribution in [0.3, 0.4) is 0 Å². The molecular formula is C11H20N2O4. The molecule has 1 saturated heterocycles. The first-order valence-corrected chi connectivity index (χ1v) is 5.78. The number of carbonyl (C=O) groups is 2. The molecule has 1 rings (SSSR count). The van der Waals surface area contributed by atoms with Crippen molar-refractivity contribution in [3.63, 3.8) is 0 Å². The molecule has 2 atom stereocenters. The number of rotatable bonds is 4. The standard InChI is InChI=1S/C11H20N2O4/c1-3-11(2,12)10(16)13-4-5-17-8(7-13)6-9(14)15/h8H,3-7,12H2,1-2H3,(H,14,15). The van der Waals surface area contributed by atoms with Gasteiger partial charge in [-0.15, -0.1) is 0 Å². The molecule has 0 aromatic heterocycles. The Labute approximate surface area is 101 Å². The lowest BCUT2D eigenvalue weighted by molar-refractivity contribution is -0.150. The zero-order valence-corrected chi connectivity index (χ0v) is 10.3. The molecule has 2 unspecified atom stereocenters. The molecule has 0 saturated carbocycles. The maximum absolute atomic E-state index is 12.1. The predicted octanol–water partition coefficient (Wildman–Crippen LogP) is -0.184. The molecule has 1 amide bonds. The number of nitrogens with two attached hydrogens (primary N) is 1. The third-order valence-electron chi connectivity index (χ3n) is 3.05. The van der Waals surface area contributed by atoms with Gasteiger partial charge in [0.25, 0.3) is 0 Å². The summed E-state index contributed by atoms with van der Waals surface area (Å²) in [5.41, 5.74) is 5.00. The number of aliphatic carboxylic acids is 1. The van der Waals surface area contributed by atoms with E-state index in [1.54, 1.807) is 11.8 Å².